The number of hydrogen-bond acceptors (Lipinski definition) is 2. The summed E-state index contributed by atoms with van der Waals surface area (Å²) in [6, 6.07) is 5.23. The van der Waals surface area contributed by atoms with Crippen molar-refractivity contribution in [1.29, 1.82) is 0 Å². The van der Waals surface area contributed by atoms with Crippen molar-refractivity contribution in [2.24, 2.45) is 0 Å². The van der Waals surface area contributed by atoms with Gasteiger partial charge in [0.25, 0.3) is 0 Å². The Morgan fingerprint density at radius 3 is 2.21 bits per heavy atom. The lowest BCUT2D eigenvalue weighted by molar-refractivity contribution is 0.171. The van der Waals surface area contributed by atoms with Gasteiger partial charge in [0, 0.05) is 23.3 Å². The first-order valence-electron chi connectivity index (χ1n) is 7.70. The van der Waals surface area contributed by atoms with E-state index in [-0.39, 0.29) is 0 Å². The largest absolute Gasteiger partial charge is 0.301 e. The molecule has 1 saturated heterocycles. The molecule has 1 aliphatic rings. The van der Waals surface area contributed by atoms with Crippen molar-refractivity contribution >= 4 is 0 Å². The van der Waals surface area contributed by atoms with Gasteiger partial charge in [0.15, 0.2) is 0 Å². The molecule has 0 unspecified atom stereocenters. The van der Waals surface area contributed by atoms with Gasteiger partial charge in [0.2, 0.25) is 0 Å². The highest BCUT2D eigenvalue weighted by Crippen LogP contribution is 2.29. The van der Waals surface area contributed by atoms with E-state index in [0.717, 1.165) is 0 Å². The summed E-state index contributed by atoms with van der Waals surface area (Å²) in [6.07, 6.45) is 2.51. The first-order chi connectivity index (χ1) is 8.99. The van der Waals surface area contributed by atoms with Crippen LogP contribution in [0.25, 0.3) is 0 Å². The van der Waals surface area contributed by atoms with Crippen LogP contribution in [-0.2, 0) is 0 Å². The monoisotopic (exact) mass is 260 g/mol. The zero-order valence-corrected chi connectivity index (χ0v) is 13.1. The van der Waals surface area contributed by atoms with Crippen LogP contribution in [0, 0.1) is 6.92 Å². The van der Waals surface area contributed by atoms with Gasteiger partial charge in [-0.2, -0.15) is 0 Å². The van der Waals surface area contributed by atoms with Crippen molar-refractivity contribution in [1.82, 2.24) is 9.88 Å². The number of aryl methyl sites for hydroxylation is 1. The van der Waals surface area contributed by atoms with Crippen LogP contribution in [-0.4, -0.2) is 29.0 Å². The number of rotatable bonds is 3. The standard InChI is InChI=1S/C17H28N2/c1-12(2)16-6-7-17(18-14(16)5)15-8-10-19(11-9-15)13(3)4/h6-7,12-13,15H,8-11H2,1-5H3. The van der Waals surface area contributed by atoms with Crippen molar-refractivity contribution in [3.8, 4) is 0 Å². The lowest BCUT2D eigenvalue weighted by Crippen LogP contribution is -2.38. The summed E-state index contributed by atoms with van der Waals surface area (Å²) in [7, 11) is 0. The fraction of sp³-hybridized carbons (Fsp3) is 0.706. The molecule has 1 aromatic rings. The second-order valence-corrected chi connectivity index (χ2v) is 6.47. The van der Waals surface area contributed by atoms with Gasteiger partial charge in [0.05, 0.1) is 0 Å². The van der Waals surface area contributed by atoms with Gasteiger partial charge in [-0.1, -0.05) is 19.9 Å². The number of piperidine rings is 1. The van der Waals surface area contributed by atoms with Gasteiger partial charge in [-0.3, -0.25) is 4.98 Å². The van der Waals surface area contributed by atoms with Gasteiger partial charge in [-0.15, -0.1) is 0 Å². The Bertz CT molecular complexity index is 415. The Hall–Kier alpha value is -0.890. The minimum Gasteiger partial charge on any atom is -0.301 e. The molecule has 0 radical (unpaired) electrons. The Morgan fingerprint density at radius 1 is 1.11 bits per heavy atom. The SMILES string of the molecule is Cc1nc(C2CCN(C(C)C)CC2)ccc1C(C)C. The van der Waals surface area contributed by atoms with Crippen LogP contribution in [0.5, 0.6) is 0 Å². The fourth-order valence-electron chi connectivity index (χ4n) is 3.14. The van der Waals surface area contributed by atoms with Gasteiger partial charge >= 0.3 is 0 Å². The Balaban J connectivity index is 2.06. The third-order valence-corrected chi connectivity index (χ3v) is 4.45. The van der Waals surface area contributed by atoms with Gasteiger partial charge in [0.1, 0.15) is 0 Å². The summed E-state index contributed by atoms with van der Waals surface area (Å²) in [5.41, 5.74) is 3.92. The third-order valence-electron chi connectivity index (χ3n) is 4.45. The molecular formula is C17H28N2. The summed E-state index contributed by atoms with van der Waals surface area (Å²) in [5, 5.41) is 0. The smallest absolute Gasteiger partial charge is 0.0438 e. The van der Waals surface area contributed by atoms with Crippen molar-refractivity contribution in [2.45, 2.75) is 65.3 Å². The quantitative estimate of drug-likeness (QED) is 0.813. The summed E-state index contributed by atoms with van der Waals surface area (Å²) in [6.45, 7) is 13.7. The van der Waals surface area contributed by atoms with Crippen LogP contribution >= 0.6 is 0 Å². The molecule has 0 aliphatic carbocycles. The van der Waals surface area contributed by atoms with Crippen LogP contribution in [0.15, 0.2) is 12.1 Å². The number of pyridine rings is 1. The summed E-state index contributed by atoms with van der Waals surface area (Å²) in [5.74, 6) is 1.24. The molecule has 0 aromatic carbocycles. The maximum absolute atomic E-state index is 4.87. The average molecular weight is 260 g/mol. The molecule has 1 fully saturated rings. The third kappa shape index (κ3) is 3.36. The predicted octanol–water partition coefficient (Wildman–Crippen LogP) is 4.10. The van der Waals surface area contributed by atoms with E-state index < -0.39 is 0 Å². The van der Waals surface area contributed by atoms with E-state index >= 15 is 0 Å². The van der Waals surface area contributed by atoms with Crippen molar-refractivity contribution in [2.75, 3.05) is 13.1 Å². The molecule has 0 atom stereocenters. The first-order valence-corrected chi connectivity index (χ1v) is 7.70. The number of aromatic nitrogens is 1. The van der Waals surface area contributed by atoms with Crippen LogP contribution in [0.3, 0.4) is 0 Å². The van der Waals surface area contributed by atoms with E-state index in [0.29, 0.717) is 17.9 Å². The Kier molecular flexibility index (Phi) is 4.62. The van der Waals surface area contributed by atoms with E-state index in [1.807, 2.05) is 0 Å². The van der Waals surface area contributed by atoms with Gasteiger partial charge in [-0.25, -0.2) is 0 Å². The first kappa shape index (κ1) is 14.5. The van der Waals surface area contributed by atoms with Crippen LogP contribution in [0.4, 0.5) is 0 Å². The number of nitrogens with zero attached hydrogens (tertiary/aromatic N) is 2. The molecule has 2 nitrogen and oxygen atoms in total. The fourth-order valence-corrected chi connectivity index (χ4v) is 3.14. The minimum absolute atomic E-state index is 0.573. The normalized spacial score (nSPS) is 18.5. The Labute approximate surface area is 118 Å². The second kappa shape index (κ2) is 6.04. The predicted molar refractivity (Wildman–Crippen MR) is 81.7 cm³/mol. The molecule has 0 saturated carbocycles. The van der Waals surface area contributed by atoms with E-state index in [2.05, 4.69) is 51.7 Å². The molecule has 2 rings (SSSR count). The van der Waals surface area contributed by atoms with Crippen molar-refractivity contribution < 1.29 is 0 Å². The van der Waals surface area contributed by atoms with Gasteiger partial charge in [-0.05, 0) is 64.3 Å². The van der Waals surface area contributed by atoms with Gasteiger partial charge < -0.3 is 4.90 Å². The zero-order chi connectivity index (χ0) is 14.0. The van der Waals surface area contributed by atoms with E-state index in [9.17, 15) is 0 Å². The molecule has 0 N–H and O–H groups in total. The number of likely N-dealkylation sites (tertiary alicyclic amines) is 1. The van der Waals surface area contributed by atoms with E-state index in [1.165, 1.54) is 42.9 Å². The topological polar surface area (TPSA) is 16.1 Å². The lowest BCUT2D eigenvalue weighted by Gasteiger charge is -2.34. The minimum atomic E-state index is 0.573. The van der Waals surface area contributed by atoms with Crippen LogP contribution in [0.1, 0.15) is 69.3 Å². The zero-order valence-electron chi connectivity index (χ0n) is 13.1. The van der Waals surface area contributed by atoms with E-state index in [1.54, 1.807) is 0 Å². The van der Waals surface area contributed by atoms with Crippen molar-refractivity contribution in [3.63, 3.8) is 0 Å². The highest BCUT2D eigenvalue weighted by Gasteiger charge is 2.23. The molecule has 1 aliphatic heterocycles. The molecule has 1 aromatic heterocycles. The van der Waals surface area contributed by atoms with Crippen molar-refractivity contribution in [3.05, 3.63) is 29.1 Å². The maximum atomic E-state index is 4.87. The summed E-state index contributed by atoms with van der Waals surface area (Å²) >= 11 is 0. The summed E-state index contributed by atoms with van der Waals surface area (Å²) in [4.78, 5) is 7.44. The molecule has 19 heavy (non-hydrogen) atoms. The Morgan fingerprint density at radius 2 is 1.74 bits per heavy atom. The highest BCUT2D eigenvalue weighted by atomic mass is 15.1. The average Bonchev–Trinajstić information content (AvgIpc) is 2.38. The molecule has 106 valence electrons. The molecule has 0 bridgehead atoms. The van der Waals surface area contributed by atoms with Crippen LogP contribution in [0.2, 0.25) is 0 Å². The molecule has 0 spiro atoms. The molecule has 2 heteroatoms. The second-order valence-electron chi connectivity index (χ2n) is 6.47. The lowest BCUT2D eigenvalue weighted by atomic mass is 9.91. The number of hydrogen-bond donors (Lipinski definition) is 0. The summed E-state index contributed by atoms with van der Waals surface area (Å²) < 4.78 is 0. The highest BCUT2D eigenvalue weighted by molar-refractivity contribution is 5.26. The molecular weight excluding hydrogens is 232 g/mol. The van der Waals surface area contributed by atoms with E-state index in [4.69, 9.17) is 4.98 Å². The maximum Gasteiger partial charge on any atom is 0.0438 e. The molecule has 2 heterocycles. The van der Waals surface area contributed by atoms with Crippen LogP contribution < -0.4 is 0 Å². The molecule has 0 amide bonds.